The van der Waals surface area contributed by atoms with E-state index in [1.807, 2.05) is 0 Å². The van der Waals surface area contributed by atoms with Gasteiger partial charge in [-0.2, -0.15) is 4.68 Å². The topological polar surface area (TPSA) is 103 Å². The number of amides is 1. The Hall–Kier alpha value is -3.89. The van der Waals surface area contributed by atoms with E-state index in [4.69, 9.17) is 9.15 Å². The summed E-state index contributed by atoms with van der Waals surface area (Å²) in [7, 11) is 0. The van der Waals surface area contributed by atoms with E-state index in [0.29, 0.717) is 16.3 Å². The van der Waals surface area contributed by atoms with Crippen molar-refractivity contribution in [3.05, 3.63) is 70.5 Å². The van der Waals surface area contributed by atoms with Crippen molar-refractivity contribution in [1.82, 2.24) is 9.78 Å². The summed E-state index contributed by atoms with van der Waals surface area (Å²) in [6.07, 6.45) is -1.35. The number of aromatic nitrogens is 2. The van der Waals surface area contributed by atoms with Crippen LogP contribution in [0, 0.1) is 17.5 Å². The molecule has 0 aliphatic carbocycles. The van der Waals surface area contributed by atoms with Gasteiger partial charge in [-0.15, -0.1) is 5.10 Å². The highest BCUT2D eigenvalue weighted by Crippen LogP contribution is 2.16. The van der Waals surface area contributed by atoms with E-state index < -0.39 is 47.7 Å². The zero-order valence-corrected chi connectivity index (χ0v) is 15.4. The van der Waals surface area contributed by atoms with Gasteiger partial charge in [0.2, 0.25) is 5.89 Å². The van der Waals surface area contributed by atoms with Gasteiger partial charge in [0.25, 0.3) is 5.91 Å². The first-order chi connectivity index (χ1) is 14.2. The Morgan fingerprint density at radius 1 is 1.13 bits per heavy atom. The first-order valence-electron chi connectivity index (χ1n) is 8.52. The highest BCUT2D eigenvalue weighted by molar-refractivity contribution is 5.95. The number of anilines is 1. The fourth-order valence-corrected chi connectivity index (χ4v) is 2.35. The largest absolute Gasteiger partial charge is 0.451 e. The summed E-state index contributed by atoms with van der Waals surface area (Å²) in [5.41, 5.74) is 0.0237. The number of nitrogens with one attached hydrogen (secondary N) is 1. The van der Waals surface area contributed by atoms with E-state index in [9.17, 15) is 27.6 Å². The number of halogens is 3. The molecule has 3 aromatic rings. The normalized spacial score (nSPS) is 11.7. The first kappa shape index (κ1) is 20.8. The van der Waals surface area contributed by atoms with E-state index in [1.54, 1.807) is 0 Å². The Morgan fingerprint density at radius 2 is 1.80 bits per heavy atom. The Balaban J connectivity index is 1.61. The summed E-state index contributed by atoms with van der Waals surface area (Å²) in [5, 5.41) is 5.97. The second-order valence-corrected chi connectivity index (χ2v) is 6.08. The van der Waals surface area contributed by atoms with Gasteiger partial charge in [-0.25, -0.2) is 18.0 Å². The molecule has 0 fully saturated rings. The van der Waals surface area contributed by atoms with Crippen LogP contribution in [0.3, 0.4) is 0 Å². The minimum Gasteiger partial charge on any atom is -0.451 e. The summed E-state index contributed by atoms with van der Waals surface area (Å²) < 4.78 is 50.0. The van der Waals surface area contributed by atoms with Gasteiger partial charge >= 0.3 is 11.7 Å². The lowest BCUT2D eigenvalue weighted by molar-refractivity contribution is -0.154. The Bertz CT molecular complexity index is 1140. The summed E-state index contributed by atoms with van der Waals surface area (Å²) in [6, 6.07) is 7.52. The van der Waals surface area contributed by atoms with E-state index in [2.05, 4.69) is 10.4 Å². The maximum Gasteiger partial charge on any atom is 0.437 e. The number of ether oxygens (including phenoxy) is 1. The number of carbonyl (C=O) groups is 2. The summed E-state index contributed by atoms with van der Waals surface area (Å²) in [4.78, 5) is 35.9. The number of hydrogen-bond acceptors (Lipinski definition) is 6. The van der Waals surface area contributed by atoms with Crippen molar-refractivity contribution in [2.45, 2.75) is 19.6 Å². The lowest BCUT2D eigenvalue weighted by atomic mass is 10.2. The third-order valence-corrected chi connectivity index (χ3v) is 3.84. The lowest BCUT2D eigenvalue weighted by Crippen LogP contribution is -2.32. The molecule has 0 saturated heterocycles. The van der Waals surface area contributed by atoms with Crippen LogP contribution >= 0.6 is 0 Å². The zero-order chi connectivity index (χ0) is 21.8. The molecule has 30 heavy (non-hydrogen) atoms. The molecule has 0 saturated carbocycles. The lowest BCUT2D eigenvalue weighted by Gasteiger charge is -2.13. The Kier molecular flexibility index (Phi) is 6.00. The SMILES string of the molecule is CC(OC(=O)Cn1nc(-c2ccc(F)cc2)oc1=O)C(=O)Nc1ccc(F)cc1F. The third kappa shape index (κ3) is 4.93. The van der Waals surface area contributed by atoms with Gasteiger partial charge in [0.1, 0.15) is 24.0 Å². The molecule has 1 N–H and O–H groups in total. The van der Waals surface area contributed by atoms with E-state index >= 15 is 0 Å². The predicted octanol–water partition coefficient (Wildman–Crippen LogP) is 2.49. The molecule has 1 amide bonds. The molecule has 11 heteroatoms. The fourth-order valence-electron chi connectivity index (χ4n) is 2.35. The Morgan fingerprint density at radius 3 is 2.47 bits per heavy atom. The minimum atomic E-state index is -1.35. The molecule has 156 valence electrons. The maximum absolute atomic E-state index is 13.6. The molecular weight excluding hydrogens is 407 g/mol. The van der Waals surface area contributed by atoms with Gasteiger partial charge in [-0.05, 0) is 43.3 Å². The molecule has 1 heterocycles. The van der Waals surface area contributed by atoms with Gasteiger partial charge < -0.3 is 14.5 Å². The molecule has 0 spiro atoms. The first-order valence-corrected chi connectivity index (χ1v) is 8.52. The number of hydrogen-bond donors (Lipinski definition) is 1. The van der Waals surface area contributed by atoms with Crippen molar-refractivity contribution >= 4 is 17.6 Å². The average Bonchev–Trinajstić information content (AvgIpc) is 3.04. The smallest absolute Gasteiger partial charge is 0.437 e. The van der Waals surface area contributed by atoms with Crippen LogP contribution in [0.25, 0.3) is 11.5 Å². The van der Waals surface area contributed by atoms with Gasteiger partial charge in [0.05, 0.1) is 5.69 Å². The zero-order valence-electron chi connectivity index (χ0n) is 15.4. The van der Waals surface area contributed by atoms with Gasteiger partial charge in [0.15, 0.2) is 6.10 Å². The highest BCUT2D eigenvalue weighted by Gasteiger charge is 2.21. The van der Waals surface area contributed by atoms with Crippen molar-refractivity contribution in [3.8, 4) is 11.5 Å². The van der Waals surface area contributed by atoms with Crippen LogP contribution in [0.1, 0.15) is 6.92 Å². The maximum atomic E-state index is 13.6. The summed E-state index contributed by atoms with van der Waals surface area (Å²) >= 11 is 0. The monoisotopic (exact) mass is 421 g/mol. The molecule has 0 aliphatic rings. The van der Waals surface area contributed by atoms with Crippen molar-refractivity contribution in [2.75, 3.05) is 5.32 Å². The van der Waals surface area contributed by atoms with Crippen LogP contribution in [0.15, 0.2) is 51.7 Å². The Labute approximate surface area is 166 Å². The van der Waals surface area contributed by atoms with Gasteiger partial charge in [-0.1, -0.05) is 0 Å². The molecule has 2 aromatic carbocycles. The molecular formula is C19H14F3N3O5. The second kappa shape index (κ2) is 8.64. The van der Waals surface area contributed by atoms with E-state index in [0.717, 1.165) is 24.3 Å². The summed E-state index contributed by atoms with van der Waals surface area (Å²) in [6.45, 7) is 0.566. The molecule has 0 bridgehead atoms. The number of rotatable bonds is 6. The van der Waals surface area contributed by atoms with Crippen molar-refractivity contribution in [2.24, 2.45) is 0 Å². The average molecular weight is 421 g/mol. The molecule has 1 atom stereocenters. The van der Waals surface area contributed by atoms with Crippen molar-refractivity contribution in [1.29, 1.82) is 0 Å². The number of nitrogens with zero attached hydrogens (tertiary/aromatic N) is 2. The highest BCUT2D eigenvalue weighted by atomic mass is 19.1. The van der Waals surface area contributed by atoms with Crippen molar-refractivity contribution < 1.29 is 31.9 Å². The third-order valence-electron chi connectivity index (χ3n) is 3.84. The van der Waals surface area contributed by atoms with E-state index in [1.165, 1.54) is 19.1 Å². The van der Waals surface area contributed by atoms with E-state index in [-0.39, 0.29) is 11.6 Å². The second-order valence-electron chi connectivity index (χ2n) is 6.08. The van der Waals surface area contributed by atoms with Crippen LogP contribution < -0.4 is 11.1 Å². The van der Waals surface area contributed by atoms with Gasteiger partial charge in [0, 0.05) is 11.6 Å². The fraction of sp³-hybridized carbons (Fsp3) is 0.158. The quantitative estimate of drug-likeness (QED) is 0.614. The number of carbonyl (C=O) groups excluding carboxylic acids is 2. The molecule has 0 aliphatic heterocycles. The molecule has 1 unspecified atom stereocenters. The van der Waals surface area contributed by atoms with Crippen LogP contribution in [0.4, 0.5) is 18.9 Å². The summed E-state index contributed by atoms with van der Waals surface area (Å²) in [5.74, 6) is -5.25. The predicted molar refractivity (Wildman–Crippen MR) is 96.7 cm³/mol. The van der Waals surface area contributed by atoms with Crippen molar-refractivity contribution in [3.63, 3.8) is 0 Å². The number of esters is 1. The van der Waals surface area contributed by atoms with Gasteiger partial charge in [-0.3, -0.25) is 9.59 Å². The molecule has 0 radical (unpaired) electrons. The van der Waals surface area contributed by atoms with Crippen LogP contribution in [0.5, 0.6) is 0 Å². The molecule has 1 aromatic heterocycles. The minimum absolute atomic E-state index is 0.134. The van der Waals surface area contributed by atoms with Crippen LogP contribution in [-0.4, -0.2) is 27.8 Å². The van der Waals surface area contributed by atoms with Crippen LogP contribution in [-0.2, 0) is 20.9 Å². The number of benzene rings is 2. The molecule has 3 rings (SSSR count). The standard InChI is InChI=1S/C19H14F3N3O5/c1-10(17(27)23-15-7-6-13(21)8-14(15)22)29-16(26)9-25-19(28)30-18(24-25)11-2-4-12(20)5-3-11/h2-8,10H,9H2,1H3,(H,23,27). The molecule has 8 nitrogen and oxygen atoms in total. The van der Waals surface area contributed by atoms with Crippen LogP contribution in [0.2, 0.25) is 0 Å².